The lowest BCUT2D eigenvalue weighted by Gasteiger charge is -2.27. The van der Waals surface area contributed by atoms with Crippen LogP contribution in [0.1, 0.15) is 51.4 Å². The first-order valence-electron chi connectivity index (χ1n) is 12.1. The molecule has 8 nitrogen and oxygen atoms in total. The van der Waals surface area contributed by atoms with Crippen molar-refractivity contribution in [3.63, 3.8) is 0 Å². The molecule has 1 aliphatic carbocycles. The number of carbonyl (C=O) groups excluding carboxylic acids is 2. The maximum Gasteiger partial charge on any atom is 0.251 e. The quantitative estimate of drug-likeness (QED) is 0.555. The van der Waals surface area contributed by atoms with Gasteiger partial charge in [-0.15, -0.1) is 0 Å². The number of carbonyl (C=O) groups is 2. The van der Waals surface area contributed by atoms with Gasteiger partial charge >= 0.3 is 0 Å². The van der Waals surface area contributed by atoms with Crippen LogP contribution in [0.15, 0.2) is 54.6 Å². The first kappa shape index (κ1) is 24.2. The highest BCUT2D eigenvalue weighted by Gasteiger charge is 2.25. The number of nitrogens with one attached hydrogen (secondary N) is 1. The molecule has 3 aromatic carbocycles. The minimum atomic E-state index is -1.20. The molecule has 1 N–H and O–H groups in total. The number of ether oxygens (including phenoxy) is 3. The third-order valence-corrected chi connectivity index (χ3v) is 6.88. The lowest BCUT2D eigenvalue weighted by Crippen LogP contribution is -2.38. The van der Waals surface area contributed by atoms with Crippen LogP contribution in [0.25, 0.3) is 0 Å². The van der Waals surface area contributed by atoms with E-state index < -0.39 is 11.9 Å². The Bertz CT molecular complexity index is 1390. The van der Waals surface area contributed by atoms with Crippen molar-refractivity contribution < 1.29 is 28.9 Å². The zero-order chi connectivity index (χ0) is 25.9. The number of carboxylic acid groups (broad SMARTS) is 1. The number of nitrogens with zero attached hydrogens (tertiary/aromatic N) is 1. The van der Waals surface area contributed by atoms with E-state index in [-0.39, 0.29) is 36.3 Å². The Morgan fingerprint density at radius 1 is 1.05 bits per heavy atom. The Kier molecular flexibility index (Phi) is 6.69. The molecule has 5 rings (SSSR count). The molecule has 188 valence electrons. The average molecular weight is 498 g/mol. The van der Waals surface area contributed by atoms with Crippen molar-refractivity contribution in [2.45, 2.75) is 37.6 Å². The van der Waals surface area contributed by atoms with Gasteiger partial charge in [-0.05, 0) is 79.3 Å². The topological polar surface area (TPSA) is 121 Å². The van der Waals surface area contributed by atoms with Crippen LogP contribution in [-0.2, 0) is 17.6 Å². The van der Waals surface area contributed by atoms with E-state index in [9.17, 15) is 20.0 Å². The molecule has 1 heterocycles. The van der Waals surface area contributed by atoms with Gasteiger partial charge in [0.15, 0.2) is 0 Å². The molecule has 1 aliphatic heterocycles. The minimum absolute atomic E-state index is 0.0443. The maximum atomic E-state index is 12.9. The molecule has 0 aromatic heterocycles. The summed E-state index contributed by atoms with van der Waals surface area (Å²) in [5.74, 6) is -0.317. The van der Waals surface area contributed by atoms with Crippen LogP contribution >= 0.6 is 0 Å². The smallest absolute Gasteiger partial charge is 0.251 e. The van der Waals surface area contributed by atoms with Crippen LogP contribution in [0.4, 0.5) is 0 Å². The first-order chi connectivity index (χ1) is 17.9. The van der Waals surface area contributed by atoms with E-state index in [2.05, 4.69) is 17.4 Å². The molecule has 0 fully saturated rings. The van der Waals surface area contributed by atoms with Crippen molar-refractivity contribution >= 4 is 11.9 Å². The summed E-state index contributed by atoms with van der Waals surface area (Å²) in [5, 5.41) is 24.2. The van der Waals surface area contributed by atoms with Gasteiger partial charge in [-0.3, -0.25) is 4.79 Å². The van der Waals surface area contributed by atoms with Gasteiger partial charge in [0, 0.05) is 35.1 Å². The Labute approximate surface area is 214 Å². The summed E-state index contributed by atoms with van der Waals surface area (Å²) < 4.78 is 16.8. The first-order valence-corrected chi connectivity index (χ1v) is 12.1. The predicted molar refractivity (Wildman–Crippen MR) is 132 cm³/mol. The molecule has 0 spiro atoms. The Hall–Kier alpha value is -4.51. The number of methoxy groups -OCH3 is 1. The van der Waals surface area contributed by atoms with Gasteiger partial charge in [0.2, 0.25) is 0 Å². The molecular formula is C29H25N2O6-. The molecule has 3 aromatic rings. The number of carboxylic acids is 1. The van der Waals surface area contributed by atoms with Crippen molar-refractivity contribution in [1.82, 2.24) is 5.32 Å². The van der Waals surface area contributed by atoms with Gasteiger partial charge in [-0.1, -0.05) is 6.07 Å². The molecule has 2 aliphatic rings. The summed E-state index contributed by atoms with van der Waals surface area (Å²) in [6.07, 6.45) is 2.78. The number of aryl methyl sites for hydroxylation is 1. The van der Waals surface area contributed by atoms with Gasteiger partial charge in [0.1, 0.15) is 29.1 Å². The number of fused-ring (bicyclic) bond motifs is 2. The standard InChI is InChI=1S/C29H26N2O6/c1-35-23-9-5-18-12-21(6-2-19(18)13-23)31-28(32)17-3-7-22(8-4-17)37-26-15-27-25(14-20(26)16-30)24(29(33)34)10-11-36-27/h3-5,7-9,13-15,21,24H,2,6,10-12H2,1H3,(H,31,32)(H,33,34)/p-1. The fourth-order valence-electron chi connectivity index (χ4n) is 4.89. The summed E-state index contributed by atoms with van der Waals surface area (Å²) in [6.45, 7) is 0.238. The van der Waals surface area contributed by atoms with E-state index in [0.717, 1.165) is 25.0 Å². The van der Waals surface area contributed by atoms with Gasteiger partial charge in [0.05, 0.1) is 19.3 Å². The number of rotatable bonds is 6. The normalized spacial score (nSPS) is 17.8. The number of hydrogen-bond donors (Lipinski definition) is 1. The lowest BCUT2D eigenvalue weighted by atomic mass is 9.88. The van der Waals surface area contributed by atoms with Gasteiger partial charge in [0.25, 0.3) is 5.91 Å². The number of aliphatic carboxylic acids is 1. The summed E-state index contributed by atoms with van der Waals surface area (Å²) in [6, 6.07) is 17.8. The van der Waals surface area contributed by atoms with Crippen LogP contribution in [-0.4, -0.2) is 31.6 Å². The maximum absolute atomic E-state index is 12.9. The van der Waals surface area contributed by atoms with E-state index in [0.29, 0.717) is 22.6 Å². The van der Waals surface area contributed by atoms with Gasteiger partial charge < -0.3 is 29.4 Å². The number of nitriles is 1. The molecule has 0 saturated heterocycles. The van der Waals surface area contributed by atoms with Crippen LogP contribution in [0.3, 0.4) is 0 Å². The summed E-state index contributed by atoms with van der Waals surface area (Å²) >= 11 is 0. The summed E-state index contributed by atoms with van der Waals surface area (Å²) in [5.41, 5.74) is 3.57. The van der Waals surface area contributed by atoms with Crippen LogP contribution in [0, 0.1) is 11.3 Å². The second-order valence-electron chi connectivity index (χ2n) is 9.18. The zero-order valence-corrected chi connectivity index (χ0v) is 20.3. The monoisotopic (exact) mass is 497 g/mol. The zero-order valence-electron chi connectivity index (χ0n) is 20.3. The lowest BCUT2D eigenvalue weighted by molar-refractivity contribution is -0.308. The third kappa shape index (κ3) is 5.07. The van der Waals surface area contributed by atoms with Crippen LogP contribution in [0.5, 0.6) is 23.0 Å². The Balaban J connectivity index is 1.26. The average Bonchev–Trinajstić information content (AvgIpc) is 2.92. The Morgan fingerprint density at radius 3 is 2.57 bits per heavy atom. The molecule has 2 atom stereocenters. The molecular weight excluding hydrogens is 472 g/mol. The van der Waals surface area contributed by atoms with Crippen molar-refractivity contribution in [3.05, 3.63) is 82.4 Å². The fraction of sp³-hybridized carbons (Fsp3) is 0.276. The molecule has 0 saturated carbocycles. The van der Waals surface area contributed by atoms with Crippen LogP contribution < -0.4 is 24.6 Å². The second-order valence-corrected chi connectivity index (χ2v) is 9.18. The van der Waals surface area contributed by atoms with E-state index in [4.69, 9.17) is 14.2 Å². The van der Waals surface area contributed by atoms with E-state index >= 15 is 0 Å². The molecule has 1 amide bonds. The molecule has 0 radical (unpaired) electrons. The highest BCUT2D eigenvalue weighted by molar-refractivity contribution is 5.94. The number of hydrogen-bond acceptors (Lipinski definition) is 7. The van der Waals surface area contributed by atoms with Crippen molar-refractivity contribution in [3.8, 4) is 29.1 Å². The minimum Gasteiger partial charge on any atom is -0.549 e. The molecule has 8 heteroatoms. The number of amides is 1. The third-order valence-electron chi connectivity index (χ3n) is 6.88. The van der Waals surface area contributed by atoms with Crippen molar-refractivity contribution in [2.75, 3.05) is 13.7 Å². The number of benzene rings is 3. The largest absolute Gasteiger partial charge is 0.549 e. The van der Waals surface area contributed by atoms with Gasteiger partial charge in [-0.25, -0.2) is 0 Å². The van der Waals surface area contributed by atoms with E-state index in [1.807, 2.05) is 12.1 Å². The second kappa shape index (κ2) is 10.2. The highest BCUT2D eigenvalue weighted by Crippen LogP contribution is 2.39. The fourth-order valence-corrected chi connectivity index (χ4v) is 4.89. The SMILES string of the molecule is COc1ccc2c(c1)CCC(NC(=O)c1ccc(Oc3cc4c(cc3C#N)C(C(=O)[O-])CCO4)cc1)C2. The van der Waals surface area contributed by atoms with E-state index in [1.165, 1.54) is 23.3 Å². The van der Waals surface area contributed by atoms with Crippen molar-refractivity contribution in [1.29, 1.82) is 5.26 Å². The van der Waals surface area contributed by atoms with E-state index in [1.54, 1.807) is 31.4 Å². The summed E-state index contributed by atoms with van der Waals surface area (Å²) in [7, 11) is 1.65. The van der Waals surface area contributed by atoms with Gasteiger partial charge in [-0.2, -0.15) is 5.26 Å². The molecule has 0 bridgehead atoms. The summed E-state index contributed by atoms with van der Waals surface area (Å²) in [4.78, 5) is 24.3. The molecule has 37 heavy (non-hydrogen) atoms. The van der Waals surface area contributed by atoms with Crippen molar-refractivity contribution in [2.24, 2.45) is 0 Å². The van der Waals surface area contributed by atoms with Crippen LogP contribution in [0.2, 0.25) is 0 Å². The Morgan fingerprint density at radius 2 is 1.84 bits per heavy atom. The molecule has 2 unspecified atom stereocenters. The predicted octanol–water partition coefficient (Wildman–Crippen LogP) is 3.26. The highest BCUT2D eigenvalue weighted by atomic mass is 16.5.